The minimum atomic E-state index is -0.833. The smallest absolute Gasteiger partial charge is 0.312 e. The minimum absolute atomic E-state index is 0.420. The van der Waals surface area contributed by atoms with Gasteiger partial charge in [0.2, 0.25) is 5.43 Å². The van der Waals surface area contributed by atoms with E-state index in [1.807, 2.05) is 5.10 Å². The Kier molecular flexibility index (Phi) is 1.11. The van der Waals surface area contributed by atoms with E-state index in [4.69, 9.17) is 5.21 Å². The molecular formula is C4H4N2O3. The van der Waals surface area contributed by atoms with E-state index in [2.05, 4.69) is 0 Å². The second-order valence-electron chi connectivity index (χ2n) is 1.47. The van der Waals surface area contributed by atoms with E-state index < -0.39 is 11.0 Å². The Morgan fingerprint density at radius 1 is 1.56 bits per heavy atom. The normalized spacial score (nSPS) is 9.33. The van der Waals surface area contributed by atoms with Crippen molar-refractivity contribution in [3.05, 3.63) is 32.8 Å². The van der Waals surface area contributed by atoms with Crippen LogP contribution in [0.25, 0.3) is 0 Å². The lowest BCUT2D eigenvalue weighted by atomic mass is 10.6. The van der Waals surface area contributed by atoms with E-state index >= 15 is 0 Å². The van der Waals surface area contributed by atoms with Crippen molar-refractivity contribution in [1.82, 2.24) is 9.94 Å². The zero-order valence-electron chi connectivity index (χ0n) is 4.37. The third kappa shape index (κ3) is 0.987. The number of aromatic nitrogens is 2. The van der Waals surface area contributed by atoms with Crippen LogP contribution in [0.4, 0.5) is 0 Å². The van der Waals surface area contributed by atoms with E-state index in [0.29, 0.717) is 4.85 Å². The molecule has 0 saturated heterocycles. The first-order valence-corrected chi connectivity index (χ1v) is 2.21. The fourth-order valence-corrected chi connectivity index (χ4v) is 0.410. The second-order valence-corrected chi connectivity index (χ2v) is 1.47. The lowest BCUT2D eigenvalue weighted by molar-refractivity contribution is 0.141. The van der Waals surface area contributed by atoms with Gasteiger partial charge in [-0.1, -0.05) is 0 Å². The van der Waals surface area contributed by atoms with Gasteiger partial charge in [-0.3, -0.25) is 9.59 Å². The van der Waals surface area contributed by atoms with Gasteiger partial charge in [0.25, 0.3) is 0 Å². The van der Waals surface area contributed by atoms with Gasteiger partial charge in [-0.2, -0.15) is 0 Å². The molecule has 9 heavy (non-hydrogen) atoms. The van der Waals surface area contributed by atoms with Crippen LogP contribution in [0.1, 0.15) is 0 Å². The van der Waals surface area contributed by atoms with Crippen molar-refractivity contribution in [1.29, 1.82) is 0 Å². The molecule has 0 aliphatic rings. The van der Waals surface area contributed by atoms with E-state index in [9.17, 15) is 9.59 Å². The summed E-state index contributed by atoms with van der Waals surface area (Å²) in [6.45, 7) is 0. The van der Waals surface area contributed by atoms with Crippen molar-refractivity contribution in [2.24, 2.45) is 0 Å². The Labute approximate surface area is 49.1 Å². The van der Waals surface area contributed by atoms with Gasteiger partial charge in [-0.15, -0.1) is 4.85 Å². The molecule has 0 aromatic carbocycles. The molecule has 1 heterocycles. The predicted octanol–water partition coefficient (Wildman–Crippen LogP) is -1.23. The van der Waals surface area contributed by atoms with E-state index in [0.717, 1.165) is 12.3 Å². The number of hydrogen-bond donors (Lipinski definition) is 2. The first kappa shape index (κ1) is 5.61. The molecule has 0 amide bonds. The largest absolute Gasteiger partial charge is 0.413 e. The highest BCUT2D eigenvalue weighted by Crippen LogP contribution is 1.61. The summed E-state index contributed by atoms with van der Waals surface area (Å²) >= 11 is 0. The predicted molar refractivity (Wildman–Crippen MR) is 28.5 cm³/mol. The topological polar surface area (TPSA) is 75.1 Å². The van der Waals surface area contributed by atoms with Crippen LogP contribution in [0.3, 0.4) is 0 Å². The van der Waals surface area contributed by atoms with Crippen molar-refractivity contribution in [2.75, 3.05) is 0 Å². The molecule has 5 nitrogen and oxygen atoms in total. The molecule has 0 aliphatic heterocycles. The highest BCUT2D eigenvalue weighted by molar-refractivity contribution is 4.84. The number of aromatic amines is 1. The van der Waals surface area contributed by atoms with E-state index in [1.54, 1.807) is 0 Å². The lowest BCUT2D eigenvalue weighted by Gasteiger charge is -1.89. The Balaban J connectivity index is 3.53. The van der Waals surface area contributed by atoms with Crippen molar-refractivity contribution >= 4 is 0 Å². The third-order valence-electron chi connectivity index (χ3n) is 0.807. The Hall–Kier alpha value is -1.52. The van der Waals surface area contributed by atoms with Crippen LogP contribution >= 0.6 is 0 Å². The minimum Gasteiger partial charge on any atom is -0.413 e. The van der Waals surface area contributed by atoms with Gasteiger partial charge in [0.1, 0.15) is 0 Å². The van der Waals surface area contributed by atoms with E-state index in [1.165, 1.54) is 0 Å². The maximum atomic E-state index is 10.3. The zero-order chi connectivity index (χ0) is 6.85. The highest BCUT2D eigenvalue weighted by Gasteiger charge is 1.88. The van der Waals surface area contributed by atoms with Crippen LogP contribution in [0.2, 0.25) is 0 Å². The number of hydrogen-bond acceptors (Lipinski definition) is 3. The van der Waals surface area contributed by atoms with Crippen LogP contribution in [0.15, 0.2) is 21.9 Å². The number of nitrogens with zero attached hydrogens (tertiary/aromatic N) is 1. The fourth-order valence-electron chi connectivity index (χ4n) is 0.410. The SMILES string of the molecule is O=c1ccn(O)[nH]c1=O. The van der Waals surface area contributed by atoms with Gasteiger partial charge in [0.05, 0.1) is 6.20 Å². The molecular weight excluding hydrogens is 124 g/mol. The van der Waals surface area contributed by atoms with Crippen LogP contribution in [0, 0.1) is 0 Å². The molecule has 0 atom stereocenters. The summed E-state index contributed by atoms with van der Waals surface area (Å²) in [6.07, 6.45) is 1.05. The standard InChI is InChI=1S/C4H4N2O3/c7-3-1-2-6(9)5-4(3)8/h1-2,9H,(H,5,8). The molecule has 0 aliphatic carbocycles. The average Bonchev–Trinajstić information content (AvgIpc) is 1.80. The Bertz CT molecular complexity index is 310. The fraction of sp³-hybridized carbons (Fsp3) is 0. The molecule has 0 radical (unpaired) electrons. The maximum Gasteiger partial charge on any atom is 0.312 e. The summed E-state index contributed by atoms with van der Waals surface area (Å²) in [5.41, 5.74) is -1.50. The highest BCUT2D eigenvalue weighted by atomic mass is 16.5. The van der Waals surface area contributed by atoms with Crippen LogP contribution in [-0.2, 0) is 0 Å². The zero-order valence-corrected chi connectivity index (χ0v) is 4.37. The van der Waals surface area contributed by atoms with Crippen molar-refractivity contribution in [3.8, 4) is 0 Å². The molecule has 1 rings (SSSR count). The van der Waals surface area contributed by atoms with Crippen LogP contribution in [0.5, 0.6) is 0 Å². The molecule has 48 valence electrons. The summed E-state index contributed by atoms with van der Waals surface area (Å²) in [5.74, 6) is 0. The van der Waals surface area contributed by atoms with Gasteiger partial charge in [-0.25, -0.2) is 5.10 Å². The first-order valence-electron chi connectivity index (χ1n) is 2.21. The second kappa shape index (κ2) is 1.77. The molecule has 5 heteroatoms. The van der Waals surface area contributed by atoms with Crippen molar-refractivity contribution < 1.29 is 5.21 Å². The van der Waals surface area contributed by atoms with Crippen molar-refractivity contribution in [3.63, 3.8) is 0 Å². The molecule has 1 aromatic rings. The summed E-state index contributed by atoms with van der Waals surface area (Å²) in [5, 5.41) is 10.3. The molecule has 0 bridgehead atoms. The molecule has 2 N–H and O–H groups in total. The van der Waals surface area contributed by atoms with Crippen LogP contribution < -0.4 is 11.0 Å². The van der Waals surface area contributed by atoms with Gasteiger partial charge in [-0.05, 0) is 0 Å². The number of rotatable bonds is 0. The quantitative estimate of drug-likeness (QED) is 0.339. The lowest BCUT2D eigenvalue weighted by Crippen LogP contribution is -2.28. The molecule has 0 unspecified atom stereocenters. The number of H-pyrrole nitrogens is 1. The van der Waals surface area contributed by atoms with Gasteiger partial charge < -0.3 is 5.21 Å². The van der Waals surface area contributed by atoms with Gasteiger partial charge in [0.15, 0.2) is 0 Å². The molecule has 0 fully saturated rings. The van der Waals surface area contributed by atoms with E-state index in [-0.39, 0.29) is 0 Å². The van der Waals surface area contributed by atoms with Crippen LogP contribution in [-0.4, -0.2) is 15.2 Å². The maximum absolute atomic E-state index is 10.3. The summed E-state index contributed by atoms with van der Waals surface area (Å²) < 4.78 is 0. The molecule has 0 spiro atoms. The monoisotopic (exact) mass is 128 g/mol. The van der Waals surface area contributed by atoms with Gasteiger partial charge in [0, 0.05) is 6.07 Å². The van der Waals surface area contributed by atoms with Crippen molar-refractivity contribution in [2.45, 2.75) is 0 Å². The third-order valence-corrected chi connectivity index (χ3v) is 0.807. The molecule has 0 saturated carbocycles. The number of nitrogens with one attached hydrogen (secondary N) is 1. The summed E-state index contributed by atoms with van der Waals surface area (Å²) in [4.78, 5) is 21.0. The Morgan fingerprint density at radius 3 is 2.67 bits per heavy atom. The average molecular weight is 128 g/mol. The first-order chi connectivity index (χ1) is 4.20. The molecule has 1 aromatic heterocycles. The van der Waals surface area contributed by atoms with Gasteiger partial charge >= 0.3 is 5.56 Å². The summed E-state index contributed by atoms with van der Waals surface area (Å²) in [6, 6.07) is 0.971. The Morgan fingerprint density at radius 2 is 2.22 bits per heavy atom. The summed E-state index contributed by atoms with van der Waals surface area (Å²) in [7, 11) is 0.